The number of halogens is 5. The molecule has 0 bridgehead atoms. The third-order valence-corrected chi connectivity index (χ3v) is 2.13. The van der Waals surface area contributed by atoms with Crippen molar-refractivity contribution in [1.29, 1.82) is 0 Å². The zero-order valence-electron chi connectivity index (χ0n) is 9.78. The van der Waals surface area contributed by atoms with Crippen LogP contribution in [0.25, 0.3) is 0 Å². The fourth-order valence-electron chi connectivity index (χ4n) is 1.15. The summed E-state index contributed by atoms with van der Waals surface area (Å²) < 4.78 is 44.8. The van der Waals surface area contributed by atoms with Gasteiger partial charge in [-0.2, -0.15) is 13.2 Å². The van der Waals surface area contributed by atoms with Crippen molar-refractivity contribution in [3.63, 3.8) is 0 Å². The Hall–Kier alpha value is -1.67. The Morgan fingerprint density at radius 2 is 2.10 bits per heavy atom. The summed E-state index contributed by atoms with van der Waals surface area (Å²) in [6, 6.07) is 4.41. The summed E-state index contributed by atoms with van der Waals surface area (Å²) in [4.78, 5) is 11.1. The normalized spacial score (nSPS) is 11.5. The Kier molecular flexibility index (Phi) is 7.16. The summed E-state index contributed by atoms with van der Waals surface area (Å²) in [6.45, 7) is -0.342. The van der Waals surface area contributed by atoms with Crippen LogP contribution in [0.1, 0.15) is 11.1 Å². The number of ether oxygens (including phenoxy) is 1. The number of hydrogen-bond acceptors (Lipinski definition) is 3. The van der Waals surface area contributed by atoms with Crippen LogP contribution in [0.3, 0.4) is 0 Å². The Bertz CT molecular complexity index is 495. The van der Waals surface area contributed by atoms with Crippen LogP contribution in [0, 0.1) is 0 Å². The number of nitrogens with one attached hydrogen (secondary N) is 1. The molecule has 1 amide bonds. The highest BCUT2D eigenvalue weighted by Crippen LogP contribution is 2.29. The van der Waals surface area contributed by atoms with Crippen LogP contribution in [0.15, 0.2) is 28.8 Å². The summed E-state index contributed by atoms with van der Waals surface area (Å²) in [5.74, 6) is -0.379. The van der Waals surface area contributed by atoms with Crippen LogP contribution in [0.2, 0.25) is 0 Å². The van der Waals surface area contributed by atoms with Gasteiger partial charge >= 0.3 is 12.3 Å². The average molecular weight is 332 g/mol. The van der Waals surface area contributed by atoms with E-state index in [0.717, 1.165) is 12.1 Å². The molecule has 1 rings (SSSR count). The van der Waals surface area contributed by atoms with E-state index in [9.17, 15) is 18.0 Å². The van der Waals surface area contributed by atoms with Crippen LogP contribution in [-0.2, 0) is 17.5 Å². The number of rotatable bonds is 2. The molecule has 0 atom stereocenters. The standard InChI is InChI=1S/C10H9ClF3N3O2.ClH/c11-17-8(15)16-9(18)19-5-6-2-1-3-7(4-6)10(12,13)14;/h1-4H,5H2,(H3,15,16,17,18);1H. The summed E-state index contributed by atoms with van der Waals surface area (Å²) in [7, 11) is 0. The lowest BCUT2D eigenvalue weighted by molar-refractivity contribution is -0.137. The molecular weight excluding hydrogens is 322 g/mol. The number of hydrogen-bond donors (Lipinski definition) is 2. The van der Waals surface area contributed by atoms with Crippen molar-refractivity contribution < 1.29 is 22.7 Å². The fraction of sp³-hybridized carbons (Fsp3) is 0.200. The number of carbonyl (C=O) groups is 1. The fourth-order valence-corrected chi connectivity index (χ4v) is 1.19. The zero-order chi connectivity index (χ0) is 14.5. The minimum Gasteiger partial charge on any atom is -0.444 e. The predicted octanol–water partition coefficient (Wildman–Crippen LogP) is 2.82. The van der Waals surface area contributed by atoms with Gasteiger partial charge in [0.05, 0.1) is 5.56 Å². The molecule has 1 aromatic carbocycles. The first-order valence-corrected chi connectivity index (χ1v) is 5.21. The lowest BCUT2D eigenvalue weighted by Crippen LogP contribution is -2.36. The molecule has 0 aliphatic heterocycles. The van der Waals surface area contributed by atoms with E-state index in [2.05, 4.69) is 9.25 Å². The molecule has 0 saturated carbocycles. The number of carbonyl (C=O) groups excluding carboxylic acids is 1. The maximum Gasteiger partial charge on any atom is 0.416 e. The highest BCUT2D eigenvalue weighted by Gasteiger charge is 2.30. The third-order valence-electron chi connectivity index (χ3n) is 1.95. The largest absolute Gasteiger partial charge is 0.444 e. The van der Waals surface area contributed by atoms with Gasteiger partial charge in [-0.15, -0.1) is 16.9 Å². The van der Waals surface area contributed by atoms with E-state index in [4.69, 9.17) is 17.5 Å². The summed E-state index contributed by atoms with van der Waals surface area (Å²) in [5.41, 5.74) is 4.44. The van der Waals surface area contributed by atoms with Gasteiger partial charge in [0.15, 0.2) is 0 Å². The maximum atomic E-state index is 12.4. The van der Waals surface area contributed by atoms with E-state index < -0.39 is 17.8 Å². The summed E-state index contributed by atoms with van der Waals surface area (Å²) >= 11 is 4.95. The van der Waals surface area contributed by atoms with Gasteiger partial charge in [0.2, 0.25) is 5.96 Å². The smallest absolute Gasteiger partial charge is 0.416 e. The molecule has 0 spiro atoms. The van der Waals surface area contributed by atoms with Crippen molar-refractivity contribution in [2.75, 3.05) is 0 Å². The number of alkyl carbamates (subject to hydrolysis) is 1. The second-order valence-corrected chi connectivity index (χ2v) is 3.54. The van der Waals surface area contributed by atoms with Gasteiger partial charge in [0.1, 0.15) is 6.61 Å². The molecule has 20 heavy (non-hydrogen) atoms. The lowest BCUT2D eigenvalue weighted by atomic mass is 10.1. The highest BCUT2D eigenvalue weighted by atomic mass is 35.5. The molecule has 0 aromatic heterocycles. The molecule has 112 valence electrons. The topological polar surface area (TPSA) is 76.7 Å². The molecule has 0 heterocycles. The van der Waals surface area contributed by atoms with E-state index in [1.165, 1.54) is 12.1 Å². The number of nitrogens with zero attached hydrogens (tertiary/aromatic N) is 1. The summed E-state index contributed by atoms with van der Waals surface area (Å²) in [6.07, 6.45) is -5.42. The second-order valence-electron chi connectivity index (χ2n) is 3.37. The van der Waals surface area contributed by atoms with Gasteiger partial charge in [-0.1, -0.05) is 12.1 Å². The molecule has 0 unspecified atom stereocenters. The minimum atomic E-state index is -4.45. The van der Waals surface area contributed by atoms with E-state index >= 15 is 0 Å². The van der Waals surface area contributed by atoms with Gasteiger partial charge in [-0.05, 0) is 17.7 Å². The quantitative estimate of drug-likeness (QED) is 0.646. The van der Waals surface area contributed by atoms with Gasteiger partial charge in [-0.3, -0.25) is 5.32 Å². The molecule has 0 fully saturated rings. The van der Waals surface area contributed by atoms with Crippen LogP contribution in [0.4, 0.5) is 18.0 Å². The number of amides is 1. The molecule has 3 N–H and O–H groups in total. The molecular formula is C10H10Cl2F3N3O2. The number of guanidine groups is 1. The maximum absolute atomic E-state index is 12.4. The van der Waals surface area contributed by atoms with Crippen LogP contribution < -0.4 is 11.1 Å². The van der Waals surface area contributed by atoms with E-state index in [1.807, 2.05) is 5.32 Å². The van der Waals surface area contributed by atoms with Gasteiger partial charge < -0.3 is 10.5 Å². The Morgan fingerprint density at radius 3 is 2.65 bits per heavy atom. The van der Waals surface area contributed by atoms with Crippen LogP contribution in [-0.4, -0.2) is 12.1 Å². The number of nitrogens with two attached hydrogens (primary N) is 1. The highest BCUT2D eigenvalue weighted by molar-refractivity contribution is 6.20. The van der Waals surface area contributed by atoms with E-state index in [-0.39, 0.29) is 30.5 Å². The average Bonchev–Trinajstić information content (AvgIpc) is 2.35. The van der Waals surface area contributed by atoms with Crippen molar-refractivity contribution >= 4 is 36.2 Å². The molecule has 5 nitrogen and oxygen atoms in total. The van der Waals surface area contributed by atoms with E-state index in [1.54, 1.807) is 0 Å². The van der Waals surface area contributed by atoms with Crippen molar-refractivity contribution in [3.8, 4) is 0 Å². The van der Waals surface area contributed by atoms with Crippen molar-refractivity contribution in [1.82, 2.24) is 5.32 Å². The molecule has 10 heteroatoms. The lowest BCUT2D eigenvalue weighted by Gasteiger charge is -2.09. The summed E-state index contributed by atoms with van der Waals surface area (Å²) in [5, 5.41) is 1.96. The van der Waals surface area contributed by atoms with Gasteiger partial charge in [0, 0.05) is 11.8 Å². The van der Waals surface area contributed by atoms with Crippen LogP contribution in [0.5, 0.6) is 0 Å². The third kappa shape index (κ3) is 5.98. The van der Waals surface area contributed by atoms with Crippen molar-refractivity contribution in [2.45, 2.75) is 12.8 Å². The zero-order valence-corrected chi connectivity index (χ0v) is 11.4. The molecule has 0 aliphatic rings. The molecule has 0 aliphatic carbocycles. The van der Waals surface area contributed by atoms with E-state index in [0.29, 0.717) is 0 Å². The SMILES string of the molecule is Cl.NC(=NCl)NC(=O)OCc1cccc(C(F)(F)F)c1. The monoisotopic (exact) mass is 331 g/mol. The molecule has 0 radical (unpaired) electrons. The Balaban J connectivity index is 0.00000361. The molecule has 1 aromatic rings. The minimum absolute atomic E-state index is 0. The van der Waals surface area contributed by atoms with Gasteiger partial charge in [-0.25, -0.2) is 4.79 Å². The first-order chi connectivity index (χ1) is 8.82. The second kappa shape index (κ2) is 7.81. The van der Waals surface area contributed by atoms with Crippen molar-refractivity contribution in [3.05, 3.63) is 35.4 Å². The first kappa shape index (κ1) is 18.3. The molecule has 0 saturated heterocycles. The Labute approximate surface area is 123 Å². The predicted molar refractivity (Wildman–Crippen MR) is 69.5 cm³/mol. The van der Waals surface area contributed by atoms with Crippen molar-refractivity contribution in [2.24, 2.45) is 10.2 Å². The number of alkyl halides is 3. The number of benzene rings is 1. The van der Waals surface area contributed by atoms with Crippen LogP contribution >= 0.6 is 24.2 Å². The first-order valence-electron chi connectivity index (χ1n) is 4.87. The van der Waals surface area contributed by atoms with Gasteiger partial charge in [0.25, 0.3) is 0 Å². The Morgan fingerprint density at radius 1 is 1.45 bits per heavy atom.